The number of hydrogen-bond acceptors (Lipinski definition) is 3. The number of nitrogens with zero attached hydrogens (tertiary/aromatic N) is 1. The van der Waals surface area contributed by atoms with E-state index in [9.17, 15) is 27.6 Å². The number of nitrogens with one attached hydrogen (secondary N) is 2. The van der Waals surface area contributed by atoms with Crippen LogP contribution in [0.5, 0.6) is 0 Å². The Balaban J connectivity index is 2.20. The van der Waals surface area contributed by atoms with Crippen LogP contribution in [0.2, 0.25) is 0 Å². The second-order valence-corrected chi connectivity index (χ2v) is 4.35. The number of halogens is 3. The Morgan fingerprint density at radius 3 is 2.59 bits per heavy atom. The zero-order chi connectivity index (χ0) is 16.3. The summed E-state index contributed by atoms with van der Waals surface area (Å²) in [7, 11) is 0. The molecule has 0 bridgehead atoms. The fraction of sp³-hybridized carbons (Fsp3) is 0.154. The van der Waals surface area contributed by atoms with Crippen molar-refractivity contribution in [1.29, 1.82) is 0 Å². The van der Waals surface area contributed by atoms with E-state index in [4.69, 9.17) is 0 Å². The molecule has 0 unspecified atom stereocenters. The Bertz CT molecular complexity index is 808. The molecule has 1 amide bonds. The molecule has 2 aromatic rings. The van der Waals surface area contributed by atoms with Crippen molar-refractivity contribution < 1.29 is 18.0 Å². The maximum absolute atomic E-state index is 12.6. The topological polar surface area (TPSA) is 84.0 Å². The molecule has 2 heterocycles. The van der Waals surface area contributed by atoms with Crippen LogP contribution in [0.25, 0.3) is 0 Å². The van der Waals surface area contributed by atoms with E-state index in [-0.39, 0.29) is 5.69 Å². The molecular weight excluding hydrogens is 303 g/mol. The number of rotatable bonds is 3. The lowest BCUT2D eigenvalue weighted by atomic mass is 10.2. The number of anilines is 1. The SMILES string of the molecule is O=C(Cn1cc(C(F)(F)F)ccc1=O)Nc1c[nH]ccc1=O. The average molecular weight is 313 g/mol. The quantitative estimate of drug-likeness (QED) is 0.893. The molecule has 0 atom stereocenters. The van der Waals surface area contributed by atoms with Crippen LogP contribution >= 0.6 is 0 Å². The first-order valence-electron chi connectivity index (χ1n) is 6.02. The normalized spacial score (nSPS) is 11.2. The molecule has 2 N–H and O–H groups in total. The summed E-state index contributed by atoms with van der Waals surface area (Å²) in [4.78, 5) is 37.2. The van der Waals surface area contributed by atoms with Crippen LogP contribution in [-0.2, 0) is 17.5 Å². The maximum Gasteiger partial charge on any atom is 0.417 e. The van der Waals surface area contributed by atoms with Gasteiger partial charge in [0.2, 0.25) is 11.3 Å². The molecule has 0 saturated carbocycles. The number of alkyl halides is 3. The lowest BCUT2D eigenvalue weighted by Gasteiger charge is -2.10. The van der Waals surface area contributed by atoms with Gasteiger partial charge in [-0.3, -0.25) is 14.4 Å². The number of pyridine rings is 2. The van der Waals surface area contributed by atoms with Crippen LogP contribution in [0.1, 0.15) is 5.56 Å². The highest BCUT2D eigenvalue weighted by Crippen LogP contribution is 2.27. The summed E-state index contributed by atoms with van der Waals surface area (Å²) in [5, 5.41) is 2.22. The number of carbonyl (C=O) groups excluding carboxylic acids is 1. The van der Waals surface area contributed by atoms with Gasteiger partial charge in [-0.2, -0.15) is 13.2 Å². The molecule has 0 fully saturated rings. The molecule has 0 aromatic carbocycles. The minimum absolute atomic E-state index is 0.0625. The van der Waals surface area contributed by atoms with E-state index in [1.54, 1.807) is 0 Å². The Morgan fingerprint density at radius 1 is 1.23 bits per heavy atom. The summed E-state index contributed by atoms with van der Waals surface area (Å²) in [6.45, 7) is -0.642. The van der Waals surface area contributed by atoms with Gasteiger partial charge in [0.05, 0.1) is 5.56 Å². The first-order valence-corrected chi connectivity index (χ1v) is 6.02. The maximum atomic E-state index is 12.6. The minimum Gasteiger partial charge on any atom is -0.366 e. The van der Waals surface area contributed by atoms with Crippen molar-refractivity contribution in [3.05, 3.63) is 62.9 Å². The predicted molar refractivity (Wildman–Crippen MR) is 71.4 cm³/mol. The van der Waals surface area contributed by atoms with Crippen molar-refractivity contribution in [2.45, 2.75) is 12.7 Å². The van der Waals surface area contributed by atoms with E-state index in [0.29, 0.717) is 16.8 Å². The van der Waals surface area contributed by atoms with Gasteiger partial charge < -0.3 is 14.9 Å². The Kier molecular flexibility index (Phi) is 4.15. The highest BCUT2D eigenvalue weighted by Gasteiger charge is 2.31. The second kappa shape index (κ2) is 5.88. The highest BCUT2D eigenvalue weighted by molar-refractivity contribution is 5.90. The predicted octanol–water partition coefficient (Wildman–Crippen LogP) is 1.19. The van der Waals surface area contributed by atoms with Crippen LogP contribution in [0, 0.1) is 0 Å². The van der Waals surface area contributed by atoms with Crippen molar-refractivity contribution in [3.63, 3.8) is 0 Å². The summed E-state index contributed by atoms with van der Waals surface area (Å²) in [6.07, 6.45) is -1.48. The Morgan fingerprint density at radius 2 is 1.95 bits per heavy atom. The van der Waals surface area contributed by atoms with Crippen molar-refractivity contribution in [2.75, 3.05) is 5.32 Å². The largest absolute Gasteiger partial charge is 0.417 e. The summed E-state index contributed by atoms with van der Waals surface area (Å²) >= 11 is 0. The number of carbonyl (C=O) groups is 1. The first-order chi connectivity index (χ1) is 10.3. The third kappa shape index (κ3) is 3.62. The average Bonchev–Trinajstić information content (AvgIpc) is 2.42. The van der Waals surface area contributed by atoms with E-state index in [2.05, 4.69) is 10.3 Å². The molecular formula is C13H10F3N3O3. The monoisotopic (exact) mass is 313 g/mol. The summed E-state index contributed by atoms with van der Waals surface area (Å²) in [5.74, 6) is -0.793. The molecule has 0 aliphatic heterocycles. The van der Waals surface area contributed by atoms with Crippen molar-refractivity contribution >= 4 is 11.6 Å². The third-order valence-electron chi connectivity index (χ3n) is 2.72. The molecule has 0 radical (unpaired) electrons. The van der Waals surface area contributed by atoms with Gasteiger partial charge in [-0.15, -0.1) is 0 Å². The molecule has 9 heteroatoms. The molecule has 22 heavy (non-hydrogen) atoms. The van der Waals surface area contributed by atoms with Crippen LogP contribution in [0.15, 0.2) is 46.4 Å². The molecule has 2 aromatic heterocycles. The van der Waals surface area contributed by atoms with Gasteiger partial charge in [0.25, 0.3) is 5.56 Å². The molecule has 0 saturated heterocycles. The van der Waals surface area contributed by atoms with E-state index in [1.807, 2.05) is 0 Å². The molecule has 0 aliphatic carbocycles. The minimum atomic E-state index is -4.62. The van der Waals surface area contributed by atoms with Crippen LogP contribution in [0.3, 0.4) is 0 Å². The van der Waals surface area contributed by atoms with Crippen LogP contribution in [-0.4, -0.2) is 15.5 Å². The highest BCUT2D eigenvalue weighted by atomic mass is 19.4. The summed E-state index contributed by atoms with van der Waals surface area (Å²) < 4.78 is 38.3. The number of aromatic amines is 1. The van der Waals surface area contributed by atoms with Gasteiger partial charge in [-0.05, 0) is 6.07 Å². The van der Waals surface area contributed by atoms with E-state index in [1.165, 1.54) is 18.5 Å². The van der Waals surface area contributed by atoms with Gasteiger partial charge in [0, 0.05) is 30.7 Å². The lowest BCUT2D eigenvalue weighted by Crippen LogP contribution is -2.29. The number of aromatic nitrogens is 2. The zero-order valence-corrected chi connectivity index (χ0v) is 11.0. The van der Waals surface area contributed by atoms with Crippen LogP contribution in [0.4, 0.5) is 18.9 Å². The van der Waals surface area contributed by atoms with Gasteiger partial charge >= 0.3 is 6.18 Å². The number of hydrogen-bond donors (Lipinski definition) is 2. The third-order valence-corrected chi connectivity index (χ3v) is 2.72. The molecule has 6 nitrogen and oxygen atoms in total. The van der Waals surface area contributed by atoms with Gasteiger partial charge in [-0.1, -0.05) is 0 Å². The van der Waals surface area contributed by atoms with Gasteiger partial charge in [0.15, 0.2) is 0 Å². The van der Waals surface area contributed by atoms with E-state index < -0.39 is 35.2 Å². The standard InChI is InChI=1S/C13H10F3N3O3/c14-13(15,16)8-1-2-12(22)19(6-8)7-11(21)18-9-5-17-4-3-10(9)20/h1-6H,7H2,(H,17,20)(H,18,21). The van der Waals surface area contributed by atoms with Crippen LogP contribution < -0.4 is 16.3 Å². The van der Waals surface area contributed by atoms with Crippen molar-refractivity contribution in [3.8, 4) is 0 Å². The second-order valence-electron chi connectivity index (χ2n) is 4.35. The molecule has 116 valence electrons. The van der Waals surface area contributed by atoms with E-state index >= 15 is 0 Å². The first kappa shape index (κ1) is 15.5. The summed E-state index contributed by atoms with van der Waals surface area (Å²) in [6, 6.07) is 2.54. The Hall–Kier alpha value is -2.84. The van der Waals surface area contributed by atoms with Gasteiger partial charge in [0.1, 0.15) is 12.2 Å². The van der Waals surface area contributed by atoms with E-state index in [0.717, 1.165) is 6.07 Å². The summed E-state index contributed by atoms with van der Waals surface area (Å²) in [5.41, 5.74) is -2.33. The smallest absolute Gasteiger partial charge is 0.366 e. The fourth-order valence-electron chi connectivity index (χ4n) is 1.68. The molecule has 2 rings (SSSR count). The molecule has 0 aliphatic rings. The molecule has 0 spiro atoms. The Labute approximate surface area is 121 Å². The zero-order valence-electron chi connectivity index (χ0n) is 11.0. The van der Waals surface area contributed by atoms with Crippen molar-refractivity contribution in [1.82, 2.24) is 9.55 Å². The number of amides is 1. The van der Waals surface area contributed by atoms with Gasteiger partial charge in [-0.25, -0.2) is 0 Å². The van der Waals surface area contributed by atoms with Crippen molar-refractivity contribution in [2.24, 2.45) is 0 Å². The number of H-pyrrole nitrogens is 1. The fourth-order valence-corrected chi connectivity index (χ4v) is 1.68. The lowest BCUT2D eigenvalue weighted by molar-refractivity contribution is -0.138.